The Morgan fingerprint density at radius 2 is 1.06 bits per heavy atom. The average Bonchev–Trinajstić information content (AvgIpc) is 3.04. The van der Waals surface area contributed by atoms with Gasteiger partial charge in [-0.2, -0.15) is 0 Å². The molecule has 0 aromatic rings. The molecule has 0 aromatic heterocycles. The quantitative estimate of drug-likeness (QED) is 0.144. The van der Waals surface area contributed by atoms with E-state index in [-0.39, 0.29) is 35.2 Å². The van der Waals surface area contributed by atoms with Gasteiger partial charge in [-0.05, 0) is 135 Å². The minimum atomic E-state index is -0.623. The summed E-state index contributed by atoms with van der Waals surface area (Å²) in [6.45, 7) is 18.9. The van der Waals surface area contributed by atoms with Crippen LogP contribution in [-0.4, -0.2) is 34.0 Å². The molecule has 4 heteroatoms. The van der Waals surface area contributed by atoms with Crippen molar-refractivity contribution in [3.05, 3.63) is 93.7 Å². The number of aliphatic hydroxyl groups excluding tert-OH is 2. The van der Waals surface area contributed by atoms with Gasteiger partial charge in [-0.25, -0.2) is 0 Å². The Balaban J connectivity index is 1.80. The van der Waals surface area contributed by atoms with Crippen LogP contribution in [-0.2, 0) is 9.59 Å². The van der Waals surface area contributed by atoms with Crippen LogP contribution in [0.1, 0.15) is 133 Å². The first kappa shape index (κ1) is 41.4. The molecule has 0 aliphatic heterocycles. The largest absolute Gasteiger partial charge is 0.389 e. The molecule has 6 atom stereocenters. The summed E-state index contributed by atoms with van der Waals surface area (Å²) in [5.74, 6) is -0.204. The molecule has 2 N–H and O–H groups in total. The summed E-state index contributed by atoms with van der Waals surface area (Å²) in [6, 6.07) is 0. The molecule has 0 aromatic carbocycles. The van der Waals surface area contributed by atoms with Crippen LogP contribution in [0.25, 0.3) is 0 Å². The van der Waals surface area contributed by atoms with Gasteiger partial charge in [-0.1, -0.05) is 91.2 Å². The first-order valence-corrected chi connectivity index (χ1v) is 18.5. The molecule has 0 amide bonds. The van der Waals surface area contributed by atoms with E-state index < -0.39 is 12.2 Å². The maximum absolute atomic E-state index is 12.9. The topological polar surface area (TPSA) is 74.6 Å². The number of aliphatic hydroxyl groups is 2. The summed E-state index contributed by atoms with van der Waals surface area (Å²) in [6.07, 6.45) is 27.7. The van der Waals surface area contributed by atoms with Crippen molar-refractivity contribution in [2.24, 2.45) is 23.7 Å². The van der Waals surface area contributed by atoms with Crippen molar-refractivity contribution in [1.29, 1.82) is 0 Å². The molecule has 0 radical (unpaired) electrons. The van der Waals surface area contributed by atoms with Gasteiger partial charge in [0.1, 0.15) is 0 Å². The smallest absolute Gasteiger partial charge is 0.159 e. The molecular formula is C44H66O4. The first-order chi connectivity index (χ1) is 22.7. The minimum absolute atomic E-state index is 0.0325. The molecule has 2 aliphatic rings. The normalized spacial score (nSPS) is 26.8. The molecule has 2 rings (SSSR count). The summed E-state index contributed by atoms with van der Waals surface area (Å²) in [7, 11) is 0. The van der Waals surface area contributed by atoms with Crippen LogP contribution in [0.15, 0.2) is 93.7 Å². The van der Waals surface area contributed by atoms with E-state index in [0.717, 1.165) is 81.8 Å². The van der Waals surface area contributed by atoms with Crippen molar-refractivity contribution in [2.75, 3.05) is 0 Å². The average molecular weight is 659 g/mol. The van der Waals surface area contributed by atoms with Gasteiger partial charge in [0.05, 0.1) is 12.2 Å². The third-order valence-corrected chi connectivity index (χ3v) is 10.7. The Kier molecular flexibility index (Phi) is 18.4. The van der Waals surface area contributed by atoms with Crippen LogP contribution in [0.3, 0.4) is 0 Å². The summed E-state index contributed by atoms with van der Waals surface area (Å²) in [4.78, 5) is 24.8. The summed E-state index contributed by atoms with van der Waals surface area (Å²) < 4.78 is 0. The fourth-order valence-corrected chi connectivity index (χ4v) is 6.60. The molecule has 48 heavy (non-hydrogen) atoms. The van der Waals surface area contributed by atoms with Crippen molar-refractivity contribution in [3.8, 4) is 0 Å². The maximum Gasteiger partial charge on any atom is 0.159 e. The van der Waals surface area contributed by atoms with E-state index in [1.807, 2.05) is 20.8 Å². The van der Waals surface area contributed by atoms with E-state index in [1.165, 1.54) is 33.9 Å². The highest BCUT2D eigenvalue weighted by Gasteiger charge is 2.35. The molecule has 0 fully saturated rings. The minimum Gasteiger partial charge on any atom is -0.389 e. The predicted octanol–water partition coefficient (Wildman–Crippen LogP) is 10.8. The number of carbonyl (C=O) groups is 2. The van der Waals surface area contributed by atoms with E-state index in [0.29, 0.717) is 0 Å². The number of allylic oxidation sites excluding steroid dienone is 13. The Hall–Kier alpha value is -2.82. The van der Waals surface area contributed by atoms with E-state index in [1.54, 1.807) is 12.2 Å². The van der Waals surface area contributed by atoms with Crippen LogP contribution in [0.2, 0.25) is 0 Å². The van der Waals surface area contributed by atoms with Crippen molar-refractivity contribution in [2.45, 2.75) is 145 Å². The number of hydrogen-bond acceptors (Lipinski definition) is 4. The second-order valence-electron chi connectivity index (χ2n) is 14.7. The second-order valence-corrected chi connectivity index (χ2v) is 14.7. The van der Waals surface area contributed by atoms with E-state index >= 15 is 0 Å². The van der Waals surface area contributed by atoms with Gasteiger partial charge in [-0.3, -0.25) is 9.59 Å². The summed E-state index contributed by atoms with van der Waals surface area (Å²) in [5.41, 5.74) is 8.61. The van der Waals surface area contributed by atoms with Gasteiger partial charge >= 0.3 is 0 Å². The standard InChI is InChI=1S/C44H66O4/c1-10-30(2)15-11-19-34(6)24-26-39-37(9)43(47)29-40(44(39)48)35(7)22-14-21-32(4)17-12-16-31(3)18-13-20-33(5)23-25-38-36(8)41(45)27-28-42(38)46/h15,17-18,22-24,27-29,36-39,42,44,46,48H,10-14,16,19-21,25-26H2,1-9H3/b30-15+,31-18+,32-17+,33-23+,34-24+,35-22+. The lowest BCUT2D eigenvalue weighted by atomic mass is 9.74. The van der Waals surface area contributed by atoms with Crippen LogP contribution in [0.4, 0.5) is 0 Å². The molecular weight excluding hydrogens is 592 g/mol. The lowest BCUT2D eigenvalue weighted by Crippen LogP contribution is -2.36. The molecule has 0 saturated heterocycles. The van der Waals surface area contributed by atoms with Crippen molar-refractivity contribution in [3.63, 3.8) is 0 Å². The fraction of sp³-hybridized carbons (Fsp3) is 0.591. The van der Waals surface area contributed by atoms with Gasteiger partial charge in [-0.15, -0.1) is 0 Å². The van der Waals surface area contributed by atoms with Gasteiger partial charge < -0.3 is 10.2 Å². The lowest BCUT2D eigenvalue weighted by molar-refractivity contribution is -0.122. The Bertz CT molecular complexity index is 1330. The highest BCUT2D eigenvalue weighted by molar-refractivity contribution is 5.94. The Morgan fingerprint density at radius 1 is 0.625 bits per heavy atom. The number of hydrogen-bond donors (Lipinski definition) is 2. The molecule has 266 valence electrons. The Morgan fingerprint density at radius 3 is 1.58 bits per heavy atom. The van der Waals surface area contributed by atoms with E-state index in [4.69, 9.17) is 0 Å². The van der Waals surface area contributed by atoms with Gasteiger partial charge in [0.15, 0.2) is 11.6 Å². The molecule has 0 spiro atoms. The molecule has 2 aliphatic carbocycles. The molecule has 4 nitrogen and oxygen atoms in total. The zero-order valence-corrected chi connectivity index (χ0v) is 31.6. The van der Waals surface area contributed by atoms with Crippen LogP contribution < -0.4 is 0 Å². The van der Waals surface area contributed by atoms with E-state index in [9.17, 15) is 19.8 Å². The maximum atomic E-state index is 12.9. The molecule has 6 unspecified atom stereocenters. The zero-order chi connectivity index (χ0) is 35.8. The molecule has 0 heterocycles. The number of rotatable bonds is 18. The van der Waals surface area contributed by atoms with Gasteiger partial charge in [0.25, 0.3) is 0 Å². The third kappa shape index (κ3) is 14.0. The number of carbonyl (C=O) groups excluding carboxylic acids is 2. The first-order valence-electron chi connectivity index (χ1n) is 18.5. The van der Waals surface area contributed by atoms with Crippen LogP contribution >= 0.6 is 0 Å². The van der Waals surface area contributed by atoms with Crippen LogP contribution in [0.5, 0.6) is 0 Å². The van der Waals surface area contributed by atoms with Crippen molar-refractivity contribution >= 4 is 11.6 Å². The van der Waals surface area contributed by atoms with Crippen molar-refractivity contribution < 1.29 is 19.8 Å². The molecule has 0 saturated carbocycles. The van der Waals surface area contributed by atoms with Gasteiger partial charge in [0.2, 0.25) is 0 Å². The SMILES string of the molecule is CC/C(C)=C/CC/C(C)=C/CC1C(C)C(=O)C=C(/C(C)=C/CC/C(C)=C/CC/C(C)=C/CC/C(C)=C/CC2C(O)C=CC(=O)C2C)C1O. The lowest BCUT2D eigenvalue weighted by Gasteiger charge is -2.33. The monoisotopic (exact) mass is 658 g/mol. The molecule has 0 bridgehead atoms. The van der Waals surface area contributed by atoms with Gasteiger partial charge in [0, 0.05) is 23.7 Å². The summed E-state index contributed by atoms with van der Waals surface area (Å²) >= 11 is 0. The van der Waals surface area contributed by atoms with Crippen molar-refractivity contribution in [1.82, 2.24) is 0 Å². The number of ketones is 2. The highest BCUT2D eigenvalue weighted by atomic mass is 16.3. The fourth-order valence-electron chi connectivity index (χ4n) is 6.60. The predicted molar refractivity (Wildman–Crippen MR) is 204 cm³/mol. The third-order valence-electron chi connectivity index (χ3n) is 10.7. The van der Waals surface area contributed by atoms with E-state index in [2.05, 4.69) is 78.0 Å². The second kappa shape index (κ2) is 21.3. The zero-order valence-electron chi connectivity index (χ0n) is 31.6. The Labute approximate surface area is 293 Å². The summed E-state index contributed by atoms with van der Waals surface area (Å²) in [5, 5.41) is 21.6. The van der Waals surface area contributed by atoms with Crippen LogP contribution in [0, 0.1) is 23.7 Å². The highest BCUT2D eigenvalue weighted by Crippen LogP contribution is 2.35.